The second-order valence-corrected chi connectivity index (χ2v) is 8.82. The van der Waals surface area contributed by atoms with E-state index in [1.807, 2.05) is 6.92 Å². The molecule has 1 saturated heterocycles. The number of hydrogen-bond donors (Lipinski definition) is 2. The van der Waals surface area contributed by atoms with E-state index in [1.165, 1.54) is 16.4 Å². The Bertz CT molecular complexity index is 985. The summed E-state index contributed by atoms with van der Waals surface area (Å²) in [7, 11) is -3.46. The zero-order chi connectivity index (χ0) is 20.9. The van der Waals surface area contributed by atoms with Crippen LogP contribution in [0.5, 0.6) is 5.75 Å². The summed E-state index contributed by atoms with van der Waals surface area (Å²) in [5.41, 5.74) is 0.958. The Balaban J connectivity index is 1.63. The lowest BCUT2D eigenvalue weighted by Crippen LogP contribution is -2.34. The first-order valence-corrected chi connectivity index (χ1v) is 11.2. The van der Waals surface area contributed by atoms with E-state index >= 15 is 0 Å². The number of benzene rings is 2. The van der Waals surface area contributed by atoms with Gasteiger partial charge in [-0.25, -0.2) is 8.42 Å². The lowest BCUT2D eigenvalue weighted by atomic mass is 10.2. The molecule has 1 heterocycles. The Morgan fingerprint density at radius 1 is 1.10 bits per heavy atom. The third kappa shape index (κ3) is 5.11. The van der Waals surface area contributed by atoms with Gasteiger partial charge in [0, 0.05) is 18.8 Å². The number of amides is 1. The van der Waals surface area contributed by atoms with E-state index in [1.54, 1.807) is 36.4 Å². The summed E-state index contributed by atoms with van der Waals surface area (Å²) in [4.78, 5) is 12.7. The van der Waals surface area contributed by atoms with Gasteiger partial charge in [0.05, 0.1) is 17.1 Å². The number of anilines is 1. The lowest BCUT2D eigenvalue weighted by Gasteiger charge is -2.16. The number of hydrogen-bond acceptors (Lipinski definition) is 5. The molecule has 9 heteroatoms. The molecule has 29 heavy (non-hydrogen) atoms. The first-order chi connectivity index (χ1) is 13.9. The Hall–Kier alpha value is -2.49. The van der Waals surface area contributed by atoms with Crippen LogP contribution in [-0.2, 0) is 10.0 Å². The largest absolute Gasteiger partial charge is 0.493 e. The smallest absolute Gasteiger partial charge is 0.261 e. The molecule has 1 fully saturated rings. The SMILES string of the molecule is CCOc1ccccc1C(=O)NC(=S)Nc1ccc(S(=O)(=O)N2CCCC2)cc1. The topological polar surface area (TPSA) is 87.7 Å². The van der Waals surface area contributed by atoms with Gasteiger partial charge < -0.3 is 10.1 Å². The van der Waals surface area contributed by atoms with Crippen molar-refractivity contribution in [3.8, 4) is 5.75 Å². The van der Waals surface area contributed by atoms with Crippen LogP contribution in [0.25, 0.3) is 0 Å². The monoisotopic (exact) mass is 433 g/mol. The highest BCUT2D eigenvalue weighted by Crippen LogP contribution is 2.22. The molecule has 2 aromatic carbocycles. The standard InChI is InChI=1S/C20H23N3O4S2/c1-2-27-18-8-4-3-7-17(18)19(24)22-20(28)21-15-9-11-16(12-10-15)29(25,26)23-13-5-6-14-23/h3-4,7-12H,2,5-6,13-14H2,1H3,(H2,21,22,24,28). The van der Waals surface area contributed by atoms with Crippen molar-refractivity contribution in [2.45, 2.75) is 24.7 Å². The van der Waals surface area contributed by atoms with E-state index in [9.17, 15) is 13.2 Å². The number of nitrogens with one attached hydrogen (secondary N) is 2. The van der Waals surface area contributed by atoms with Crippen molar-refractivity contribution in [1.29, 1.82) is 0 Å². The molecule has 0 aliphatic carbocycles. The average molecular weight is 434 g/mol. The molecule has 1 aliphatic rings. The molecule has 7 nitrogen and oxygen atoms in total. The minimum Gasteiger partial charge on any atom is -0.493 e. The van der Waals surface area contributed by atoms with Crippen LogP contribution in [0, 0.1) is 0 Å². The number of nitrogens with zero attached hydrogens (tertiary/aromatic N) is 1. The third-order valence-electron chi connectivity index (χ3n) is 4.47. The first-order valence-electron chi connectivity index (χ1n) is 9.36. The summed E-state index contributed by atoms with van der Waals surface area (Å²) in [6, 6.07) is 13.2. The summed E-state index contributed by atoms with van der Waals surface area (Å²) in [5.74, 6) is 0.0894. The molecule has 0 unspecified atom stereocenters. The maximum absolute atomic E-state index is 12.6. The number of carbonyl (C=O) groups is 1. The highest BCUT2D eigenvalue weighted by molar-refractivity contribution is 7.89. The van der Waals surface area contributed by atoms with E-state index in [0.717, 1.165) is 12.8 Å². The van der Waals surface area contributed by atoms with Crippen LogP contribution in [0.1, 0.15) is 30.1 Å². The lowest BCUT2D eigenvalue weighted by molar-refractivity contribution is 0.0974. The number of para-hydroxylation sites is 1. The minimum absolute atomic E-state index is 0.108. The highest BCUT2D eigenvalue weighted by atomic mass is 32.2. The van der Waals surface area contributed by atoms with Gasteiger partial charge in [-0.05, 0) is 68.4 Å². The summed E-state index contributed by atoms with van der Waals surface area (Å²) in [6.07, 6.45) is 1.78. The summed E-state index contributed by atoms with van der Waals surface area (Å²) < 4.78 is 32.1. The van der Waals surface area contributed by atoms with E-state index in [-0.39, 0.29) is 15.9 Å². The van der Waals surface area contributed by atoms with Crippen molar-refractivity contribution in [3.05, 3.63) is 54.1 Å². The molecule has 3 rings (SSSR count). The number of rotatable bonds is 6. The molecule has 0 bridgehead atoms. The maximum Gasteiger partial charge on any atom is 0.261 e. The fourth-order valence-electron chi connectivity index (χ4n) is 3.06. The molecule has 2 aromatic rings. The van der Waals surface area contributed by atoms with Gasteiger partial charge in [-0.2, -0.15) is 4.31 Å². The molecule has 0 spiro atoms. The van der Waals surface area contributed by atoms with Gasteiger partial charge in [0.1, 0.15) is 5.75 Å². The molecule has 2 N–H and O–H groups in total. The first kappa shape index (κ1) is 21.2. The predicted molar refractivity (Wildman–Crippen MR) is 116 cm³/mol. The molecular weight excluding hydrogens is 410 g/mol. The second-order valence-electron chi connectivity index (χ2n) is 6.47. The normalized spacial score (nSPS) is 14.4. The summed E-state index contributed by atoms with van der Waals surface area (Å²) in [5, 5.41) is 5.61. The van der Waals surface area contributed by atoms with Crippen molar-refractivity contribution in [1.82, 2.24) is 9.62 Å². The average Bonchev–Trinajstić information content (AvgIpc) is 3.25. The molecule has 0 aromatic heterocycles. The van der Waals surface area contributed by atoms with E-state index in [0.29, 0.717) is 36.7 Å². The quantitative estimate of drug-likeness (QED) is 0.681. The second kappa shape index (κ2) is 9.34. The van der Waals surface area contributed by atoms with Crippen LogP contribution in [0.4, 0.5) is 5.69 Å². The van der Waals surface area contributed by atoms with Gasteiger partial charge in [0.2, 0.25) is 10.0 Å². The van der Waals surface area contributed by atoms with Crippen molar-refractivity contribution in [3.63, 3.8) is 0 Å². The summed E-state index contributed by atoms with van der Waals surface area (Å²) in [6.45, 7) is 3.40. The van der Waals surface area contributed by atoms with Gasteiger partial charge in [0.15, 0.2) is 5.11 Å². The Morgan fingerprint density at radius 3 is 2.41 bits per heavy atom. The zero-order valence-corrected chi connectivity index (χ0v) is 17.7. The summed E-state index contributed by atoms with van der Waals surface area (Å²) >= 11 is 5.20. The zero-order valence-electron chi connectivity index (χ0n) is 16.1. The van der Waals surface area contributed by atoms with E-state index in [4.69, 9.17) is 17.0 Å². The highest BCUT2D eigenvalue weighted by Gasteiger charge is 2.26. The number of ether oxygens (including phenoxy) is 1. The van der Waals surface area contributed by atoms with Crippen LogP contribution < -0.4 is 15.4 Å². The fraction of sp³-hybridized carbons (Fsp3) is 0.300. The van der Waals surface area contributed by atoms with E-state index in [2.05, 4.69) is 10.6 Å². The van der Waals surface area contributed by atoms with Gasteiger partial charge in [-0.3, -0.25) is 10.1 Å². The van der Waals surface area contributed by atoms with Crippen LogP contribution in [-0.4, -0.2) is 43.4 Å². The Labute approximate surface area is 176 Å². The van der Waals surface area contributed by atoms with Crippen molar-refractivity contribution >= 4 is 38.9 Å². The van der Waals surface area contributed by atoms with Gasteiger partial charge in [-0.15, -0.1) is 0 Å². The van der Waals surface area contributed by atoms with Crippen molar-refractivity contribution in [2.24, 2.45) is 0 Å². The molecule has 0 saturated carbocycles. The van der Waals surface area contributed by atoms with Crippen LogP contribution in [0.2, 0.25) is 0 Å². The third-order valence-corrected chi connectivity index (χ3v) is 6.59. The van der Waals surface area contributed by atoms with Gasteiger partial charge in [-0.1, -0.05) is 12.1 Å². The number of sulfonamides is 1. The van der Waals surface area contributed by atoms with Gasteiger partial charge >= 0.3 is 0 Å². The Kier molecular flexibility index (Phi) is 6.83. The molecule has 154 valence electrons. The molecule has 1 aliphatic heterocycles. The molecule has 1 amide bonds. The fourth-order valence-corrected chi connectivity index (χ4v) is 4.78. The molecule has 0 atom stereocenters. The van der Waals surface area contributed by atoms with Gasteiger partial charge in [0.25, 0.3) is 5.91 Å². The Morgan fingerprint density at radius 2 is 1.76 bits per heavy atom. The van der Waals surface area contributed by atoms with Crippen LogP contribution >= 0.6 is 12.2 Å². The predicted octanol–water partition coefficient (Wildman–Crippen LogP) is 3.00. The molecular formula is C20H23N3O4S2. The van der Waals surface area contributed by atoms with Crippen LogP contribution in [0.3, 0.4) is 0 Å². The van der Waals surface area contributed by atoms with Crippen LogP contribution in [0.15, 0.2) is 53.4 Å². The van der Waals surface area contributed by atoms with E-state index < -0.39 is 10.0 Å². The number of thiocarbonyl (C=S) groups is 1. The number of carbonyl (C=O) groups excluding carboxylic acids is 1. The van der Waals surface area contributed by atoms with Crippen molar-refractivity contribution < 1.29 is 17.9 Å². The maximum atomic E-state index is 12.6. The molecule has 0 radical (unpaired) electrons. The minimum atomic E-state index is -3.46. The van der Waals surface area contributed by atoms with Crippen molar-refractivity contribution in [2.75, 3.05) is 25.0 Å².